The molecule has 118 valence electrons. The quantitative estimate of drug-likeness (QED) is 0.798. The van der Waals surface area contributed by atoms with E-state index in [4.69, 9.17) is 5.11 Å². The number of carbonyl (C=O) groups is 2. The number of fused-ring (bicyclic) bond motifs is 1. The third-order valence-electron chi connectivity index (χ3n) is 4.81. The van der Waals surface area contributed by atoms with E-state index >= 15 is 0 Å². The fourth-order valence-corrected chi connectivity index (χ4v) is 3.55. The number of hydrogen-bond acceptors (Lipinski definition) is 3. The van der Waals surface area contributed by atoms with Gasteiger partial charge in [-0.3, -0.25) is 9.59 Å². The lowest BCUT2D eigenvalue weighted by molar-refractivity contribution is -0.141. The second-order valence-electron chi connectivity index (χ2n) is 7.01. The van der Waals surface area contributed by atoms with Gasteiger partial charge in [-0.25, -0.2) is 0 Å². The highest BCUT2D eigenvalue weighted by atomic mass is 16.4. The van der Waals surface area contributed by atoms with E-state index in [1.807, 2.05) is 24.3 Å². The number of anilines is 1. The average Bonchev–Trinajstić information content (AvgIpc) is 2.64. The van der Waals surface area contributed by atoms with E-state index in [-0.39, 0.29) is 35.7 Å². The predicted molar refractivity (Wildman–Crippen MR) is 83.5 cm³/mol. The van der Waals surface area contributed by atoms with Gasteiger partial charge in [0, 0.05) is 18.0 Å². The number of para-hydroxylation sites is 1. The summed E-state index contributed by atoms with van der Waals surface area (Å²) in [5.41, 5.74) is 1.95. The Morgan fingerprint density at radius 1 is 1.32 bits per heavy atom. The standard InChI is InChI=1S/C17H22N2O3/c1-17(2)15(12-5-3-4-6-13(12)19-17)18-16(22)11-7-10(8-11)9-14(20)21/h3-6,10-11,15,19H,7-9H2,1-2H3,(H,18,22)(H,20,21). The average molecular weight is 302 g/mol. The number of amides is 1. The second-order valence-corrected chi connectivity index (χ2v) is 7.01. The summed E-state index contributed by atoms with van der Waals surface area (Å²) < 4.78 is 0. The molecule has 1 fully saturated rings. The molecule has 3 N–H and O–H groups in total. The summed E-state index contributed by atoms with van der Waals surface area (Å²) in [4.78, 5) is 23.1. The smallest absolute Gasteiger partial charge is 0.303 e. The summed E-state index contributed by atoms with van der Waals surface area (Å²) in [5, 5.41) is 15.4. The van der Waals surface area contributed by atoms with Gasteiger partial charge in [-0.1, -0.05) is 18.2 Å². The van der Waals surface area contributed by atoms with E-state index in [9.17, 15) is 9.59 Å². The maximum absolute atomic E-state index is 12.4. The van der Waals surface area contributed by atoms with Crippen LogP contribution in [0.2, 0.25) is 0 Å². The molecular weight excluding hydrogens is 280 g/mol. The van der Waals surface area contributed by atoms with Gasteiger partial charge in [0.15, 0.2) is 0 Å². The number of nitrogens with one attached hydrogen (secondary N) is 2. The van der Waals surface area contributed by atoms with Crippen LogP contribution in [0.1, 0.15) is 44.7 Å². The van der Waals surface area contributed by atoms with E-state index < -0.39 is 5.97 Å². The molecule has 3 rings (SSSR count). The molecule has 1 unspecified atom stereocenters. The van der Waals surface area contributed by atoms with Crippen molar-refractivity contribution in [2.24, 2.45) is 11.8 Å². The third-order valence-corrected chi connectivity index (χ3v) is 4.81. The molecular formula is C17H22N2O3. The molecule has 1 aromatic rings. The minimum Gasteiger partial charge on any atom is -0.481 e. The van der Waals surface area contributed by atoms with E-state index in [1.54, 1.807) is 0 Å². The molecule has 0 saturated heterocycles. The number of rotatable bonds is 4. The van der Waals surface area contributed by atoms with Crippen molar-refractivity contribution in [2.75, 3.05) is 5.32 Å². The topological polar surface area (TPSA) is 78.4 Å². The first-order valence-corrected chi connectivity index (χ1v) is 7.76. The van der Waals surface area contributed by atoms with Crippen LogP contribution in [0, 0.1) is 11.8 Å². The molecule has 1 saturated carbocycles. The van der Waals surface area contributed by atoms with Crippen LogP contribution >= 0.6 is 0 Å². The number of carboxylic acids is 1. The number of aliphatic carboxylic acids is 1. The Bertz CT molecular complexity index is 606. The molecule has 1 amide bonds. The summed E-state index contributed by atoms with van der Waals surface area (Å²) >= 11 is 0. The Morgan fingerprint density at radius 3 is 2.68 bits per heavy atom. The van der Waals surface area contributed by atoms with E-state index in [2.05, 4.69) is 24.5 Å². The highest BCUT2D eigenvalue weighted by Gasteiger charge is 2.42. The Balaban J connectivity index is 1.64. The summed E-state index contributed by atoms with van der Waals surface area (Å²) in [7, 11) is 0. The van der Waals surface area contributed by atoms with Gasteiger partial charge in [0.1, 0.15) is 0 Å². The van der Waals surface area contributed by atoms with Crippen molar-refractivity contribution in [1.29, 1.82) is 0 Å². The van der Waals surface area contributed by atoms with Crippen molar-refractivity contribution < 1.29 is 14.7 Å². The molecule has 2 aliphatic rings. The summed E-state index contributed by atoms with van der Waals surface area (Å²) in [6.45, 7) is 4.15. The first-order chi connectivity index (χ1) is 10.4. The van der Waals surface area contributed by atoms with Crippen molar-refractivity contribution in [3.8, 4) is 0 Å². The molecule has 0 bridgehead atoms. The first-order valence-electron chi connectivity index (χ1n) is 7.76. The zero-order valence-electron chi connectivity index (χ0n) is 12.9. The van der Waals surface area contributed by atoms with Crippen LogP contribution < -0.4 is 10.6 Å². The Labute approximate surface area is 130 Å². The lowest BCUT2D eigenvalue weighted by atomic mass is 9.72. The normalized spacial score (nSPS) is 28.2. The molecule has 5 heteroatoms. The van der Waals surface area contributed by atoms with Crippen molar-refractivity contribution in [1.82, 2.24) is 5.32 Å². The minimum atomic E-state index is -0.779. The zero-order valence-corrected chi connectivity index (χ0v) is 12.9. The molecule has 0 radical (unpaired) electrons. The van der Waals surface area contributed by atoms with Crippen molar-refractivity contribution >= 4 is 17.6 Å². The van der Waals surface area contributed by atoms with Gasteiger partial charge in [-0.2, -0.15) is 0 Å². The van der Waals surface area contributed by atoms with Crippen LogP contribution in [0.25, 0.3) is 0 Å². The van der Waals surface area contributed by atoms with Gasteiger partial charge >= 0.3 is 5.97 Å². The number of benzene rings is 1. The van der Waals surface area contributed by atoms with Crippen molar-refractivity contribution in [3.63, 3.8) is 0 Å². The van der Waals surface area contributed by atoms with E-state index in [1.165, 1.54) is 0 Å². The van der Waals surface area contributed by atoms with Gasteiger partial charge in [-0.05, 0) is 44.2 Å². The third kappa shape index (κ3) is 2.67. The first kappa shape index (κ1) is 14.9. The largest absolute Gasteiger partial charge is 0.481 e. The second kappa shape index (κ2) is 5.30. The number of hydrogen-bond donors (Lipinski definition) is 3. The molecule has 1 heterocycles. The van der Waals surface area contributed by atoms with Crippen LogP contribution in [0.15, 0.2) is 24.3 Å². The van der Waals surface area contributed by atoms with Gasteiger partial charge < -0.3 is 15.7 Å². The molecule has 5 nitrogen and oxygen atoms in total. The van der Waals surface area contributed by atoms with Crippen LogP contribution in [-0.2, 0) is 9.59 Å². The van der Waals surface area contributed by atoms with Gasteiger partial charge in [0.25, 0.3) is 0 Å². The Morgan fingerprint density at radius 2 is 2.00 bits per heavy atom. The number of carbonyl (C=O) groups excluding carboxylic acids is 1. The Hall–Kier alpha value is -2.04. The van der Waals surface area contributed by atoms with Crippen LogP contribution in [-0.4, -0.2) is 22.5 Å². The van der Waals surface area contributed by atoms with Crippen molar-refractivity contribution in [2.45, 2.75) is 44.7 Å². The minimum absolute atomic E-state index is 0.0400. The fraction of sp³-hybridized carbons (Fsp3) is 0.529. The molecule has 22 heavy (non-hydrogen) atoms. The zero-order chi connectivity index (χ0) is 15.9. The molecule has 1 atom stereocenters. The van der Waals surface area contributed by atoms with Gasteiger partial charge in [-0.15, -0.1) is 0 Å². The summed E-state index contributed by atoms with van der Waals surface area (Å²) in [6, 6.07) is 7.96. The lowest BCUT2D eigenvalue weighted by Gasteiger charge is -2.36. The summed E-state index contributed by atoms with van der Waals surface area (Å²) in [5.74, 6) is -0.639. The fourth-order valence-electron chi connectivity index (χ4n) is 3.55. The van der Waals surface area contributed by atoms with Crippen LogP contribution in [0.3, 0.4) is 0 Å². The molecule has 0 aromatic heterocycles. The van der Waals surface area contributed by atoms with Gasteiger partial charge in [0.2, 0.25) is 5.91 Å². The highest BCUT2D eigenvalue weighted by molar-refractivity contribution is 5.81. The maximum Gasteiger partial charge on any atom is 0.303 e. The molecule has 1 aliphatic heterocycles. The lowest BCUT2D eigenvalue weighted by Crippen LogP contribution is -2.47. The molecule has 1 aliphatic carbocycles. The summed E-state index contributed by atoms with van der Waals surface area (Å²) in [6.07, 6.45) is 1.53. The molecule has 1 aromatic carbocycles. The van der Waals surface area contributed by atoms with Gasteiger partial charge in [0.05, 0.1) is 11.6 Å². The SMILES string of the molecule is CC1(C)Nc2ccccc2C1NC(=O)C1CC(CC(=O)O)C1. The van der Waals surface area contributed by atoms with E-state index in [0.29, 0.717) is 12.8 Å². The van der Waals surface area contributed by atoms with Crippen LogP contribution in [0.5, 0.6) is 0 Å². The molecule has 0 spiro atoms. The maximum atomic E-state index is 12.4. The van der Waals surface area contributed by atoms with Crippen LogP contribution in [0.4, 0.5) is 5.69 Å². The monoisotopic (exact) mass is 302 g/mol. The highest BCUT2D eigenvalue weighted by Crippen LogP contribution is 2.42. The Kier molecular flexibility index (Phi) is 3.59. The van der Waals surface area contributed by atoms with Crippen molar-refractivity contribution in [3.05, 3.63) is 29.8 Å². The predicted octanol–water partition coefficient (Wildman–Crippen LogP) is 2.55. The number of carboxylic acid groups (broad SMARTS) is 1. The van der Waals surface area contributed by atoms with E-state index in [0.717, 1.165) is 11.3 Å².